The Labute approximate surface area is 209 Å². The highest BCUT2D eigenvalue weighted by Gasteiger charge is 2.25. The second-order valence-electron chi connectivity index (χ2n) is 10.1. The van der Waals surface area contributed by atoms with Crippen molar-refractivity contribution in [3.8, 4) is 33.5 Å². The maximum Gasteiger partial charge on any atom is 0.0786 e. The van der Waals surface area contributed by atoms with Crippen molar-refractivity contribution >= 4 is 43.1 Å². The van der Waals surface area contributed by atoms with Crippen molar-refractivity contribution in [2.45, 2.75) is 13.8 Å². The number of aryl methyl sites for hydroxylation is 2. The van der Waals surface area contributed by atoms with E-state index in [1.807, 2.05) is 6.20 Å². The smallest absolute Gasteiger partial charge is 0.0786 e. The van der Waals surface area contributed by atoms with Gasteiger partial charge in [0.2, 0.25) is 0 Å². The van der Waals surface area contributed by atoms with Gasteiger partial charge in [-0.25, -0.2) is 0 Å². The second-order valence-corrected chi connectivity index (χ2v) is 10.1. The fourth-order valence-corrected chi connectivity index (χ4v) is 6.39. The lowest BCUT2D eigenvalue weighted by atomic mass is 9.88. The topological polar surface area (TPSA) is 12.9 Å². The van der Waals surface area contributed by atoms with E-state index in [4.69, 9.17) is 4.98 Å². The Morgan fingerprint density at radius 3 is 2.17 bits per heavy atom. The normalized spacial score (nSPS) is 12.2. The van der Waals surface area contributed by atoms with Crippen LogP contribution in [0, 0.1) is 13.8 Å². The summed E-state index contributed by atoms with van der Waals surface area (Å²) < 4.78 is 0. The van der Waals surface area contributed by atoms with E-state index in [1.54, 1.807) is 0 Å². The lowest BCUT2D eigenvalue weighted by Crippen LogP contribution is -1.91. The summed E-state index contributed by atoms with van der Waals surface area (Å²) in [5.74, 6) is 0. The van der Waals surface area contributed by atoms with Gasteiger partial charge in [-0.1, -0.05) is 84.4 Å². The summed E-state index contributed by atoms with van der Waals surface area (Å²) in [6, 6.07) is 35.8. The van der Waals surface area contributed by atoms with Crippen LogP contribution in [0.25, 0.3) is 76.6 Å². The first-order valence-corrected chi connectivity index (χ1v) is 12.6. The molecule has 0 saturated carbocycles. The Hall–Kier alpha value is -4.49. The van der Waals surface area contributed by atoms with Crippen LogP contribution >= 0.6 is 0 Å². The standard InChI is InChI=1S/C35H23N/c1-20-11-13-25-28(17-20)32(35-23-8-4-3-7-22(23)15-16-36-35)19-30-27-14-12-21(2)33-26-10-6-5-9-24(26)31(34(27)33)18-29(25)30/h3-19H,1-2H3. The van der Waals surface area contributed by atoms with Crippen LogP contribution in [0.2, 0.25) is 0 Å². The number of benzene rings is 6. The SMILES string of the molecule is Cc1ccc2c(c1)c(-c1nccc3ccccc13)cc1c3ccc(C)c4c3c(cc21)-c1ccccc1-4. The number of hydrogen-bond donors (Lipinski definition) is 0. The zero-order valence-corrected chi connectivity index (χ0v) is 20.3. The second kappa shape index (κ2) is 7.02. The first kappa shape index (κ1) is 19.8. The molecular formula is C35H23N. The van der Waals surface area contributed by atoms with Gasteiger partial charge in [-0.05, 0) is 97.6 Å². The molecule has 0 saturated heterocycles. The molecule has 36 heavy (non-hydrogen) atoms. The first-order chi connectivity index (χ1) is 17.7. The van der Waals surface area contributed by atoms with Crippen LogP contribution in [-0.2, 0) is 0 Å². The van der Waals surface area contributed by atoms with Crippen LogP contribution in [0.4, 0.5) is 0 Å². The highest BCUT2D eigenvalue weighted by molar-refractivity contribution is 6.29. The van der Waals surface area contributed by atoms with E-state index >= 15 is 0 Å². The average Bonchev–Trinajstić information content (AvgIpc) is 3.25. The van der Waals surface area contributed by atoms with Crippen LogP contribution < -0.4 is 0 Å². The molecule has 7 aromatic rings. The van der Waals surface area contributed by atoms with Crippen molar-refractivity contribution in [3.63, 3.8) is 0 Å². The fraction of sp³-hybridized carbons (Fsp3) is 0.0571. The van der Waals surface area contributed by atoms with Gasteiger partial charge in [-0.2, -0.15) is 0 Å². The first-order valence-electron chi connectivity index (χ1n) is 12.6. The minimum atomic E-state index is 1.05. The lowest BCUT2D eigenvalue weighted by Gasteiger charge is -2.16. The molecular weight excluding hydrogens is 434 g/mol. The molecule has 1 heteroatoms. The maximum atomic E-state index is 4.94. The van der Waals surface area contributed by atoms with Crippen molar-refractivity contribution in [2.75, 3.05) is 0 Å². The number of rotatable bonds is 1. The number of pyridine rings is 1. The lowest BCUT2D eigenvalue weighted by molar-refractivity contribution is 1.36. The Kier molecular flexibility index (Phi) is 3.86. The minimum Gasteiger partial charge on any atom is -0.256 e. The summed E-state index contributed by atoms with van der Waals surface area (Å²) in [7, 11) is 0. The van der Waals surface area contributed by atoms with Gasteiger partial charge in [0, 0.05) is 17.1 Å². The van der Waals surface area contributed by atoms with E-state index in [0.717, 1.165) is 5.69 Å². The molecule has 0 spiro atoms. The van der Waals surface area contributed by atoms with Gasteiger partial charge in [0.1, 0.15) is 0 Å². The van der Waals surface area contributed by atoms with E-state index in [0.29, 0.717) is 0 Å². The molecule has 0 bridgehead atoms. The van der Waals surface area contributed by atoms with Gasteiger partial charge >= 0.3 is 0 Å². The zero-order valence-electron chi connectivity index (χ0n) is 20.3. The highest BCUT2D eigenvalue weighted by atomic mass is 14.7. The van der Waals surface area contributed by atoms with Gasteiger partial charge in [-0.15, -0.1) is 0 Å². The Bertz CT molecular complexity index is 2060. The van der Waals surface area contributed by atoms with E-state index in [-0.39, 0.29) is 0 Å². The summed E-state index contributed by atoms with van der Waals surface area (Å²) in [5.41, 5.74) is 10.3. The number of aromatic nitrogens is 1. The number of hydrogen-bond acceptors (Lipinski definition) is 1. The molecule has 1 nitrogen and oxygen atoms in total. The van der Waals surface area contributed by atoms with Crippen LogP contribution in [0.3, 0.4) is 0 Å². The molecule has 6 aromatic carbocycles. The van der Waals surface area contributed by atoms with Crippen molar-refractivity contribution in [1.29, 1.82) is 0 Å². The van der Waals surface area contributed by atoms with Crippen LogP contribution in [-0.4, -0.2) is 4.98 Å². The average molecular weight is 458 g/mol. The largest absolute Gasteiger partial charge is 0.256 e. The zero-order chi connectivity index (χ0) is 24.0. The third kappa shape index (κ3) is 2.52. The van der Waals surface area contributed by atoms with Crippen LogP contribution in [0.5, 0.6) is 0 Å². The molecule has 1 aliphatic rings. The van der Waals surface area contributed by atoms with Crippen LogP contribution in [0.1, 0.15) is 11.1 Å². The third-order valence-electron chi connectivity index (χ3n) is 8.01. The van der Waals surface area contributed by atoms with Gasteiger partial charge in [-0.3, -0.25) is 4.98 Å². The van der Waals surface area contributed by atoms with E-state index in [2.05, 4.69) is 111 Å². The number of fused-ring (bicyclic) bond motifs is 8. The monoisotopic (exact) mass is 457 g/mol. The quantitative estimate of drug-likeness (QED) is 0.224. The van der Waals surface area contributed by atoms with Crippen molar-refractivity contribution in [2.24, 2.45) is 0 Å². The molecule has 168 valence electrons. The van der Waals surface area contributed by atoms with Gasteiger partial charge in [0.15, 0.2) is 0 Å². The Balaban J connectivity index is 1.60. The molecule has 0 amide bonds. The molecule has 8 rings (SSSR count). The minimum absolute atomic E-state index is 1.05. The molecule has 1 aliphatic carbocycles. The van der Waals surface area contributed by atoms with E-state index in [1.165, 1.54) is 82.0 Å². The summed E-state index contributed by atoms with van der Waals surface area (Å²) in [6.45, 7) is 4.41. The molecule has 0 radical (unpaired) electrons. The predicted molar refractivity (Wildman–Crippen MR) is 154 cm³/mol. The summed E-state index contributed by atoms with van der Waals surface area (Å²) >= 11 is 0. The van der Waals surface area contributed by atoms with Gasteiger partial charge in [0.05, 0.1) is 5.69 Å². The molecule has 0 fully saturated rings. The third-order valence-corrected chi connectivity index (χ3v) is 8.01. The summed E-state index contributed by atoms with van der Waals surface area (Å²) in [6.07, 6.45) is 1.94. The molecule has 1 aromatic heterocycles. The van der Waals surface area contributed by atoms with Crippen molar-refractivity contribution < 1.29 is 0 Å². The fourth-order valence-electron chi connectivity index (χ4n) is 6.39. The van der Waals surface area contributed by atoms with Crippen molar-refractivity contribution in [3.05, 3.63) is 114 Å². The summed E-state index contributed by atoms with van der Waals surface area (Å²) in [4.78, 5) is 4.94. The number of nitrogens with zero attached hydrogens (tertiary/aromatic N) is 1. The maximum absolute atomic E-state index is 4.94. The molecule has 0 N–H and O–H groups in total. The van der Waals surface area contributed by atoms with Gasteiger partial charge < -0.3 is 0 Å². The van der Waals surface area contributed by atoms with Gasteiger partial charge in [0.25, 0.3) is 0 Å². The molecule has 0 unspecified atom stereocenters. The molecule has 0 aliphatic heterocycles. The van der Waals surface area contributed by atoms with Crippen molar-refractivity contribution in [1.82, 2.24) is 4.98 Å². The van der Waals surface area contributed by atoms with Crippen LogP contribution in [0.15, 0.2) is 103 Å². The predicted octanol–water partition coefficient (Wildman–Crippen LogP) is 9.63. The summed E-state index contributed by atoms with van der Waals surface area (Å²) in [5, 5.41) is 10.3. The van der Waals surface area contributed by atoms with E-state index < -0.39 is 0 Å². The molecule has 1 heterocycles. The Morgan fingerprint density at radius 1 is 0.500 bits per heavy atom. The molecule has 0 atom stereocenters. The highest BCUT2D eigenvalue weighted by Crippen LogP contribution is 2.52. The Morgan fingerprint density at radius 2 is 1.25 bits per heavy atom. The van der Waals surface area contributed by atoms with E-state index in [9.17, 15) is 0 Å².